The van der Waals surface area contributed by atoms with Gasteiger partial charge in [0.1, 0.15) is 0 Å². The molecule has 0 heterocycles. The minimum atomic E-state index is 0.825. The lowest BCUT2D eigenvalue weighted by Gasteiger charge is -2.38. The summed E-state index contributed by atoms with van der Waals surface area (Å²) >= 11 is 0. The molecule has 0 aromatic heterocycles. The summed E-state index contributed by atoms with van der Waals surface area (Å²) in [4.78, 5) is 0. The van der Waals surface area contributed by atoms with E-state index < -0.39 is 0 Å². The zero-order chi connectivity index (χ0) is 10.1. The fourth-order valence-corrected chi connectivity index (χ4v) is 2.95. The Morgan fingerprint density at radius 1 is 1.07 bits per heavy atom. The maximum absolute atomic E-state index is 3.85. The van der Waals surface area contributed by atoms with Crippen molar-refractivity contribution in [2.45, 2.75) is 65.0 Å². The van der Waals surface area contributed by atoms with Gasteiger partial charge in [-0.25, -0.2) is 0 Å². The van der Waals surface area contributed by atoms with E-state index in [1.165, 1.54) is 32.1 Å². The molecule has 2 aliphatic rings. The molecule has 0 amide bonds. The number of rotatable bonds is 3. The van der Waals surface area contributed by atoms with Gasteiger partial charge in [-0.3, -0.25) is 0 Å². The molecule has 0 saturated heterocycles. The summed E-state index contributed by atoms with van der Waals surface area (Å²) in [5.74, 6) is 2.74. The fraction of sp³-hybridized carbons (Fsp3) is 1.00. The highest BCUT2D eigenvalue weighted by Gasteiger charge is 2.34. The van der Waals surface area contributed by atoms with E-state index >= 15 is 0 Å². The minimum absolute atomic E-state index is 0.825. The van der Waals surface area contributed by atoms with Crippen molar-refractivity contribution in [3.63, 3.8) is 0 Å². The number of hydrogen-bond donors (Lipinski definition) is 1. The van der Waals surface area contributed by atoms with Crippen LogP contribution in [0.2, 0.25) is 0 Å². The molecule has 0 spiro atoms. The second-order valence-electron chi connectivity index (χ2n) is 5.87. The van der Waals surface area contributed by atoms with Gasteiger partial charge in [0.05, 0.1) is 0 Å². The molecule has 0 radical (unpaired) electrons. The summed E-state index contributed by atoms with van der Waals surface area (Å²) in [6.07, 6.45) is 7.17. The van der Waals surface area contributed by atoms with Crippen LogP contribution in [0.3, 0.4) is 0 Å². The highest BCUT2D eigenvalue weighted by Crippen LogP contribution is 2.35. The van der Waals surface area contributed by atoms with Gasteiger partial charge in [0.25, 0.3) is 0 Å². The van der Waals surface area contributed by atoms with Gasteiger partial charge in [-0.05, 0) is 43.4 Å². The zero-order valence-electron chi connectivity index (χ0n) is 9.92. The van der Waals surface area contributed by atoms with Gasteiger partial charge in [0.15, 0.2) is 0 Å². The summed E-state index contributed by atoms with van der Waals surface area (Å²) in [5.41, 5.74) is 0. The second kappa shape index (κ2) is 4.22. The van der Waals surface area contributed by atoms with E-state index in [0.29, 0.717) is 0 Å². The molecule has 0 aromatic rings. The third-order valence-electron chi connectivity index (χ3n) is 4.05. The molecule has 2 fully saturated rings. The standard InChI is InChI=1S/C13H25N/c1-9(2)12-7-4-10(3)8-13(12)14-11-5-6-11/h9-14H,4-8H2,1-3H3. The second-order valence-corrected chi connectivity index (χ2v) is 5.87. The van der Waals surface area contributed by atoms with Crippen LogP contribution in [0, 0.1) is 17.8 Å². The molecule has 1 heteroatoms. The fourth-order valence-electron chi connectivity index (χ4n) is 2.95. The van der Waals surface area contributed by atoms with E-state index in [0.717, 1.165) is 29.8 Å². The van der Waals surface area contributed by atoms with Crippen LogP contribution >= 0.6 is 0 Å². The first kappa shape index (κ1) is 10.5. The topological polar surface area (TPSA) is 12.0 Å². The van der Waals surface area contributed by atoms with Crippen LogP contribution in [0.5, 0.6) is 0 Å². The van der Waals surface area contributed by atoms with Crippen molar-refractivity contribution in [1.29, 1.82) is 0 Å². The molecule has 2 saturated carbocycles. The molecule has 82 valence electrons. The molecular formula is C13H25N. The van der Waals surface area contributed by atoms with E-state index in [-0.39, 0.29) is 0 Å². The van der Waals surface area contributed by atoms with Gasteiger partial charge >= 0.3 is 0 Å². The third-order valence-corrected chi connectivity index (χ3v) is 4.05. The zero-order valence-corrected chi connectivity index (χ0v) is 9.92. The van der Waals surface area contributed by atoms with Crippen molar-refractivity contribution in [2.75, 3.05) is 0 Å². The Morgan fingerprint density at radius 3 is 2.36 bits per heavy atom. The average molecular weight is 195 g/mol. The molecule has 3 atom stereocenters. The summed E-state index contributed by atoms with van der Waals surface area (Å²) in [5, 5.41) is 3.85. The van der Waals surface area contributed by atoms with E-state index in [1.54, 1.807) is 0 Å². The number of nitrogens with one attached hydrogen (secondary N) is 1. The lowest BCUT2D eigenvalue weighted by Crippen LogP contribution is -2.43. The Balaban J connectivity index is 1.91. The van der Waals surface area contributed by atoms with Crippen molar-refractivity contribution in [1.82, 2.24) is 5.32 Å². The van der Waals surface area contributed by atoms with Gasteiger partial charge < -0.3 is 5.32 Å². The monoisotopic (exact) mass is 195 g/mol. The first-order valence-corrected chi connectivity index (χ1v) is 6.43. The molecule has 14 heavy (non-hydrogen) atoms. The Labute approximate surface area is 88.7 Å². The maximum Gasteiger partial charge on any atom is 0.0103 e. The molecule has 2 rings (SSSR count). The SMILES string of the molecule is CC1CCC(C(C)C)C(NC2CC2)C1. The summed E-state index contributed by atoms with van der Waals surface area (Å²) in [6.45, 7) is 7.20. The quantitative estimate of drug-likeness (QED) is 0.729. The van der Waals surface area contributed by atoms with E-state index in [4.69, 9.17) is 0 Å². The van der Waals surface area contributed by atoms with Crippen LogP contribution in [-0.2, 0) is 0 Å². The molecule has 1 nitrogen and oxygen atoms in total. The Bertz CT molecular complexity index is 182. The minimum Gasteiger partial charge on any atom is -0.311 e. The van der Waals surface area contributed by atoms with Gasteiger partial charge in [-0.1, -0.05) is 27.2 Å². The van der Waals surface area contributed by atoms with E-state index in [2.05, 4.69) is 26.1 Å². The highest BCUT2D eigenvalue weighted by molar-refractivity contribution is 4.91. The molecule has 2 aliphatic carbocycles. The van der Waals surface area contributed by atoms with Gasteiger partial charge in [0.2, 0.25) is 0 Å². The highest BCUT2D eigenvalue weighted by atomic mass is 15.0. The molecule has 3 unspecified atom stereocenters. The Hall–Kier alpha value is -0.0400. The third kappa shape index (κ3) is 2.50. The maximum atomic E-state index is 3.85. The predicted octanol–water partition coefficient (Wildman–Crippen LogP) is 3.20. The van der Waals surface area contributed by atoms with Crippen LogP contribution in [0.15, 0.2) is 0 Å². The van der Waals surface area contributed by atoms with E-state index in [9.17, 15) is 0 Å². The Kier molecular flexibility index (Phi) is 3.16. The first-order valence-electron chi connectivity index (χ1n) is 6.43. The molecule has 0 bridgehead atoms. The summed E-state index contributed by atoms with van der Waals surface area (Å²) < 4.78 is 0. The van der Waals surface area contributed by atoms with Crippen LogP contribution in [0.25, 0.3) is 0 Å². The van der Waals surface area contributed by atoms with E-state index in [1.807, 2.05) is 0 Å². The first-order chi connectivity index (χ1) is 6.66. The number of hydrogen-bond acceptors (Lipinski definition) is 1. The van der Waals surface area contributed by atoms with Crippen LogP contribution in [-0.4, -0.2) is 12.1 Å². The largest absolute Gasteiger partial charge is 0.311 e. The van der Waals surface area contributed by atoms with Gasteiger partial charge in [-0.15, -0.1) is 0 Å². The van der Waals surface area contributed by atoms with Crippen molar-refractivity contribution in [3.05, 3.63) is 0 Å². The van der Waals surface area contributed by atoms with Crippen molar-refractivity contribution in [2.24, 2.45) is 17.8 Å². The Morgan fingerprint density at radius 2 is 1.79 bits per heavy atom. The average Bonchev–Trinajstić information content (AvgIpc) is 2.87. The van der Waals surface area contributed by atoms with Crippen molar-refractivity contribution < 1.29 is 0 Å². The summed E-state index contributed by atoms with van der Waals surface area (Å²) in [6, 6.07) is 1.71. The smallest absolute Gasteiger partial charge is 0.0103 e. The van der Waals surface area contributed by atoms with Gasteiger partial charge in [0, 0.05) is 12.1 Å². The molecular weight excluding hydrogens is 170 g/mol. The summed E-state index contributed by atoms with van der Waals surface area (Å²) in [7, 11) is 0. The van der Waals surface area contributed by atoms with Crippen LogP contribution in [0.4, 0.5) is 0 Å². The van der Waals surface area contributed by atoms with Crippen LogP contribution < -0.4 is 5.32 Å². The normalized spacial score (nSPS) is 39.0. The van der Waals surface area contributed by atoms with Gasteiger partial charge in [-0.2, -0.15) is 0 Å². The van der Waals surface area contributed by atoms with Crippen LogP contribution in [0.1, 0.15) is 52.9 Å². The lowest BCUT2D eigenvalue weighted by atomic mass is 9.74. The lowest BCUT2D eigenvalue weighted by molar-refractivity contribution is 0.169. The van der Waals surface area contributed by atoms with Crippen molar-refractivity contribution >= 4 is 0 Å². The van der Waals surface area contributed by atoms with Crippen molar-refractivity contribution in [3.8, 4) is 0 Å². The molecule has 1 N–H and O–H groups in total. The predicted molar refractivity (Wildman–Crippen MR) is 61.3 cm³/mol. The molecule has 0 aromatic carbocycles. The molecule has 0 aliphatic heterocycles.